The Kier molecular flexibility index (Phi) is 60.6. The third-order valence-corrected chi connectivity index (χ3v) is 16.6. The topological polar surface area (TPSA) is 111 Å². The highest BCUT2D eigenvalue weighted by Gasteiger charge is 2.30. The van der Waals surface area contributed by atoms with Crippen LogP contribution in [0.3, 0.4) is 0 Å². The third kappa shape index (κ3) is 63.8. The van der Waals surface area contributed by atoms with Gasteiger partial charge < -0.3 is 19.4 Å². The Balaban J connectivity index is 5.05. The second kappa shape index (κ2) is 62.5. The molecule has 0 aromatic rings. The van der Waals surface area contributed by atoms with Gasteiger partial charge >= 0.3 is 13.8 Å². The number of phosphoric ester groups is 1. The van der Waals surface area contributed by atoms with Crippen molar-refractivity contribution in [3.05, 3.63) is 72.9 Å². The summed E-state index contributed by atoms with van der Waals surface area (Å²) in [6, 6.07) is -0.854. The van der Waals surface area contributed by atoms with E-state index in [-0.39, 0.29) is 31.5 Å². The third-order valence-electron chi connectivity index (χ3n) is 15.6. The van der Waals surface area contributed by atoms with Crippen molar-refractivity contribution in [1.82, 2.24) is 5.32 Å². The molecule has 0 bridgehead atoms. The fourth-order valence-electron chi connectivity index (χ4n) is 10.2. The number of nitrogens with zero attached hydrogens (tertiary/aromatic N) is 1. The van der Waals surface area contributed by atoms with Crippen LogP contribution in [0.15, 0.2) is 72.9 Å². The number of allylic oxidation sites excluding steroid dienone is 11. The highest BCUT2D eigenvalue weighted by atomic mass is 31.2. The molecule has 0 aliphatic rings. The van der Waals surface area contributed by atoms with Gasteiger partial charge in [0.25, 0.3) is 0 Å². The van der Waals surface area contributed by atoms with Crippen LogP contribution >= 0.6 is 7.82 Å². The molecule has 1 amide bonds. The van der Waals surface area contributed by atoms with E-state index >= 15 is 0 Å². The molecule has 0 saturated carbocycles. The summed E-state index contributed by atoms with van der Waals surface area (Å²) in [5, 5.41) is 3.07. The van der Waals surface area contributed by atoms with Crippen molar-refractivity contribution in [3.8, 4) is 0 Å². The number of quaternary nitrogens is 1. The van der Waals surface area contributed by atoms with Crippen LogP contribution in [0.1, 0.15) is 329 Å². The summed E-state index contributed by atoms with van der Waals surface area (Å²) in [6.07, 6.45) is 81.9. The predicted octanol–water partition coefficient (Wildman–Crippen LogP) is 22.3. The highest BCUT2D eigenvalue weighted by Crippen LogP contribution is 2.43. The van der Waals surface area contributed by atoms with Gasteiger partial charge in [0.1, 0.15) is 19.3 Å². The van der Waals surface area contributed by atoms with Gasteiger partial charge in [0.2, 0.25) is 5.91 Å². The SMILES string of the molecule is CCCCC/C=C\C/C=C\C/C=C\C/C=C\CCCCCCCCCCCC(=O)OC(/C=C/CCCCCCCCCCC)C(COP(=O)(O)OCC[N+](C)(C)C)NC(=O)CCCCCCCCCCCCC/C=C/CCCCCCCC. The molecule has 0 fully saturated rings. The van der Waals surface area contributed by atoms with E-state index < -0.39 is 20.0 Å². The molecule has 0 spiro atoms. The maximum Gasteiger partial charge on any atom is 0.472 e. The van der Waals surface area contributed by atoms with Gasteiger partial charge in [0, 0.05) is 12.8 Å². The van der Waals surface area contributed by atoms with E-state index in [4.69, 9.17) is 13.8 Å². The molecular formula is C73H136N2O7P+. The van der Waals surface area contributed by atoms with Crippen molar-refractivity contribution in [2.75, 3.05) is 40.9 Å². The van der Waals surface area contributed by atoms with Crippen LogP contribution in [0.2, 0.25) is 0 Å². The summed E-state index contributed by atoms with van der Waals surface area (Å²) in [5.41, 5.74) is 0. The molecule has 3 unspecified atom stereocenters. The number of phosphoric acid groups is 1. The summed E-state index contributed by atoms with van der Waals surface area (Å²) >= 11 is 0. The number of hydrogen-bond donors (Lipinski definition) is 2. The Morgan fingerprint density at radius 3 is 1.13 bits per heavy atom. The first-order valence-electron chi connectivity index (χ1n) is 35.3. The Morgan fingerprint density at radius 2 is 0.735 bits per heavy atom. The van der Waals surface area contributed by atoms with Crippen LogP contribution in [0.4, 0.5) is 0 Å². The van der Waals surface area contributed by atoms with Crippen LogP contribution < -0.4 is 5.32 Å². The van der Waals surface area contributed by atoms with Crippen molar-refractivity contribution >= 4 is 19.7 Å². The smallest absolute Gasteiger partial charge is 0.456 e. The van der Waals surface area contributed by atoms with Gasteiger partial charge in [0.15, 0.2) is 0 Å². The van der Waals surface area contributed by atoms with E-state index in [2.05, 4.69) is 86.8 Å². The quantitative estimate of drug-likeness (QED) is 0.0205. The minimum Gasteiger partial charge on any atom is -0.456 e. The van der Waals surface area contributed by atoms with Crippen molar-refractivity contribution in [3.63, 3.8) is 0 Å². The van der Waals surface area contributed by atoms with Gasteiger partial charge in [0.05, 0.1) is 33.8 Å². The lowest BCUT2D eigenvalue weighted by molar-refractivity contribution is -0.870. The minimum absolute atomic E-state index is 0.0379. The Labute approximate surface area is 514 Å². The lowest BCUT2D eigenvalue weighted by Crippen LogP contribution is -2.47. The van der Waals surface area contributed by atoms with Crippen LogP contribution in [0.5, 0.6) is 0 Å². The molecule has 0 radical (unpaired) electrons. The van der Waals surface area contributed by atoms with E-state index in [9.17, 15) is 19.0 Å². The number of esters is 1. The average Bonchev–Trinajstić information content (AvgIpc) is 3.51. The zero-order chi connectivity index (χ0) is 60.7. The van der Waals surface area contributed by atoms with Gasteiger partial charge in [-0.2, -0.15) is 0 Å². The molecule has 484 valence electrons. The lowest BCUT2D eigenvalue weighted by Gasteiger charge is -2.27. The van der Waals surface area contributed by atoms with E-state index in [1.807, 2.05) is 33.3 Å². The van der Waals surface area contributed by atoms with Crippen LogP contribution in [0.25, 0.3) is 0 Å². The van der Waals surface area contributed by atoms with Crippen LogP contribution in [0, 0.1) is 0 Å². The van der Waals surface area contributed by atoms with Gasteiger partial charge in [-0.3, -0.25) is 18.6 Å². The number of hydrogen-bond acceptors (Lipinski definition) is 6. The van der Waals surface area contributed by atoms with Gasteiger partial charge in [-0.05, 0) is 102 Å². The number of carbonyl (C=O) groups is 2. The number of nitrogens with one attached hydrogen (secondary N) is 1. The standard InChI is InChI=1S/C73H135N2O7P/c1-7-10-13-16-19-22-25-27-29-31-33-35-36-37-38-40-42-44-46-48-51-54-57-60-63-66-73(77)82-71(64-61-58-55-52-49-24-21-18-15-12-9-3)70(69-81-83(78,79)80-68-67-75(4,5)6)74-72(76)65-62-59-56-53-50-47-45-43-41-39-34-32-30-28-26-23-20-17-14-11-8-2/h19,22,27-30,33,35,37-38,61,64,70-71H,7-18,20-21,23-26,31-32,34,36,39-60,62-63,65-69H2,1-6H3,(H-,74,76,78,79)/p+1/b22-19-,29-27-,30-28+,35-33-,38-37-,64-61+. The van der Waals surface area contributed by atoms with Crippen molar-refractivity contribution in [2.45, 2.75) is 341 Å². The van der Waals surface area contributed by atoms with Crippen molar-refractivity contribution in [1.29, 1.82) is 0 Å². The molecule has 83 heavy (non-hydrogen) atoms. The van der Waals surface area contributed by atoms with Crippen LogP contribution in [-0.2, 0) is 27.9 Å². The molecule has 9 nitrogen and oxygen atoms in total. The molecule has 2 N–H and O–H groups in total. The summed E-state index contributed by atoms with van der Waals surface area (Å²) in [4.78, 5) is 37.9. The first kappa shape index (κ1) is 80.5. The largest absolute Gasteiger partial charge is 0.472 e. The molecule has 0 aliphatic heterocycles. The number of unbranched alkanes of at least 4 members (excludes halogenated alkanes) is 38. The maximum absolute atomic E-state index is 13.6. The Bertz CT molecular complexity index is 1650. The summed E-state index contributed by atoms with van der Waals surface area (Å²) in [5.74, 6) is -0.505. The number of amides is 1. The van der Waals surface area contributed by atoms with Crippen molar-refractivity contribution < 1.29 is 37.3 Å². The van der Waals surface area contributed by atoms with Gasteiger partial charge in [-0.25, -0.2) is 4.57 Å². The number of carbonyl (C=O) groups excluding carboxylic acids is 2. The molecule has 0 saturated heterocycles. The molecule has 3 atom stereocenters. The predicted molar refractivity (Wildman–Crippen MR) is 360 cm³/mol. The molecule has 0 aliphatic carbocycles. The second-order valence-electron chi connectivity index (χ2n) is 25.0. The number of ether oxygens (including phenoxy) is 1. The molecule has 10 heteroatoms. The molecule has 0 aromatic carbocycles. The Hall–Kier alpha value is -2.55. The zero-order valence-corrected chi connectivity index (χ0v) is 56.3. The van der Waals surface area contributed by atoms with E-state index in [0.717, 1.165) is 89.9 Å². The maximum atomic E-state index is 13.6. The fraction of sp³-hybridized carbons (Fsp3) is 0.808. The van der Waals surface area contributed by atoms with E-state index in [1.165, 1.54) is 205 Å². The summed E-state index contributed by atoms with van der Waals surface area (Å²) < 4.78 is 30.8. The van der Waals surface area contributed by atoms with Crippen molar-refractivity contribution in [2.24, 2.45) is 0 Å². The van der Waals surface area contributed by atoms with E-state index in [0.29, 0.717) is 17.4 Å². The zero-order valence-electron chi connectivity index (χ0n) is 55.4. The first-order valence-corrected chi connectivity index (χ1v) is 36.8. The second-order valence-corrected chi connectivity index (χ2v) is 26.5. The fourth-order valence-corrected chi connectivity index (χ4v) is 10.9. The van der Waals surface area contributed by atoms with Crippen LogP contribution in [-0.4, -0.2) is 74.3 Å². The summed E-state index contributed by atoms with van der Waals surface area (Å²) in [6.45, 7) is 7.00. The van der Waals surface area contributed by atoms with E-state index in [1.54, 1.807) is 0 Å². The molecule has 0 aromatic heterocycles. The normalized spacial score (nSPS) is 14.0. The molecule has 0 heterocycles. The molecule has 0 rings (SSSR count). The Morgan fingerprint density at radius 1 is 0.422 bits per heavy atom. The number of likely N-dealkylation sites (N-methyl/N-ethyl adjacent to an activating group) is 1. The molecular weight excluding hydrogens is 1050 g/mol. The first-order chi connectivity index (χ1) is 40.4. The number of rotatable bonds is 64. The van der Waals surface area contributed by atoms with Gasteiger partial charge in [-0.1, -0.05) is 287 Å². The minimum atomic E-state index is -4.46. The average molecular weight is 1180 g/mol. The van der Waals surface area contributed by atoms with Gasteiger partial charge in [-0.15, -0.1) is 0 Å². The lowest BCUT2D eigenvalue weighted by atomic mass is 10.0. The monoisotopic (exact) mass is 1180 g/mol. The highest BCUT2D eigenvalue weighted by molar-refractivity contribution is 7.47. The summed E-state index contributed by atoms with van der Waals surface area (Å²) in [7, 11) is 1.50.